The van der Waals surface area contributed by atoms with E-state index in [1.807, 2.05) is 6.07 Å². The predicted octanol–water partition coefficient (Wildman–Crippen LogP) is 0.351. The van der Waals surface area contributed by atoms with Crippen molar-refractivity contribution >= 4 is 0 Å². The second kappa shape index (κ2) is 3.37. The fourth-order valence-electron chi connectivity index (χ4n) is 0.928. The van der Waals surface area contributed by atoms with Crippen LogP contribution in [0.1, 0.15) is 11.6 Å². The third-order valence-corrected chi connectivity index (χ3v) is 1.59. The van der Waals surface area contributed by atoms with Gasteiger partial charge in [-0.3, -0.25) is 0 Å². The number of para-hydroxylation sites is 1. The van der Waals surface area contributed by atoms with E-state index < -0.39 is 0 Å². The third-order valence-electron chi connectivity index (χ3n) is 1.59. The Morgan fingerprint density at radius 2 is 2.00 bits per heavy atom. The maximum Gasteiger partial charge on any atom is 0.120 e. The van der Waals surface area contributed by atoms with E-state index >= 15 is 0 Å². The first-order valence-electron chi connectivity index (χ1n) is 3.49. The summed E-state index contributed by atoms with van der Waals surface area (Å²) in [7, 11) is 0. The van der Waals surface area contributed by atoms with Gasteiger partial charge in [-0.1, -0.05) is 18.2 Å². The van der Waals surface area contributed by atoms with Gasteiger partial charge >= 0.3 is 0 Å². The lowest BCUT2D eigenvalue weighted by atomic mass is 10.1. The fraction of sp³-hybridized carbons (Fsp3) is 0.250. The molecule has 1 aromatic rings. The van der Waals surface area contributed by atoms with Crippen LogP contribution in [-0.4, -0.2) is 11.7 Å². The molecule has 11 heavy (non-hydrogen) atoms. The van der Waals surface area contributed by atoms with Crippen LogP contribution in [0.5, 0.6) is 5.75 Å². The average Bonchev–Trinajstić information content (AvgIpc) is 2.04. The van der Waals surface area contributed by atoms with Crippen molar-refractivity contribution < 1.29 is 5.11 Å². The first-order chi connectivity index (χ1) is 5.25. The summed E-state index contributed by atoms with van der Waals surface area (Å²) in [5, 5.41) is 9.28. The summed E-state index contributed by atoms with van der Waals surface area (Å²) in [5.74, 6) is 0.213. The minimum atomic E-state index is -0.267. The Morgan fingerprint density at radius 1 is 1.36 bits per heavy atom. The highest BCUT2D eigenvalue weighted by atomic mass is 16.3. The van der Waals surface area contributed by atoms with Crippen LogP contribution in [-0.2, 0) is 0 Å². The van der Waals surface area contributed by atoms with Crippen LogP contribution in [0, 0.1) is 0 Å². The molecular formula is C8H12N2O. The Bertz CT molecular complexity index is 237. The molecule has 0 heterocycles. The van der Waals surface area contributed by atoms with E-state index in [0.717, 1.165) is 0 Å². The highest BCUT2D eigenvalue weighted by molar-refractivity contribution is 5.34. The monoisotopic (exact) mass is 152 g/mol. The maximum absolute atomic E-state index is 9.28. The van der Waals surface area contributed by atoms with Crippen molar-refractivity contribution in [1.82, 2.24) is 0 Å². The summed E-state index contributed by atoms with van der Waals surface area (Å²) in [6, 6.07) is 6.68. The van der Waals surface area contributed by atoms with Gasteiger partial charge in [-0.15, -0.1) is 0 Å². The molecule has 0 spiro atoms. The second-order valence-electron chi connectivity index (χ2n) is 2.40. The topological polar surface area (TPSA) is 72.3 Å². The van der Waals surface area contributed by atoms with Crippen LogP contribution < -0.4 is 11.5 Å². The van der Waals surface area contributed by atoms with E-state index in [1.165, 1.54) is 0 Å². The van der Waals surface area contributed by atoms with Crippen LogP contribution in [0.4, 0.5) is 0 Å². The van der Waals surface area contributed by atoms with E-state index in [4.69, 9.17) is 11.5 Å². The lowest BCUT2D eigenvalue weighted by Crippen LogP contribution is -2.20. The molecule has 0 radical (unpaired) electrons. The molecule has 3 heteroatoms. The molecule has 1 unspecified atom stereocenters. The van der Waals surface area contributed by atoms with Gasteiger partial charge in [0.1, 0.15) is 5.75 Å². The molecule has 3 nitrogen and oxygen atoms in total. The second-order valence-corrected chi connectivity index (χ2v) is 2.40. The highest BCUT2D eigenvalue weighted by Gasteiger charge is 2.06. The molecule has 0 bridgehead atoms. The largest absolute Gasteiger partial charge is 0.508 e. The van der Waals surface area contributed by atoms with Crippen molar-refractivity contribution in [3.05, 3.63) is 29.8 Å². The van der Waals surface area contributed by atoms with Crippen LogP contribution in [0.3, 0.4) is 0 Å². The highest BCUT2D eigenvalue weighted by Crippen LogP contribution is 2.20. The fourth-order valence-corrected chi connectivity index (χ4v) is 0.928. The SMILES string of the molecule is NCC(N)c1ccccc1O. The molecule has 1 aromatic carbocycles. The first kappa shape index (κ1) is 8.04. The molecule has 0 aliphatic rings. The number of phenolic OH excluding ortho intramolecular Hbond substituents is 1. The first-order valence-corrected chi connectivity index (χ1v) is 3.49. The zero-order valence-corrected chi connectivity index (χ0v) is 6.20. The Balaban J connectivity index is 2.93. The Morgan fingerprint density at radius 3 is 2.55 bits per heavy atom. The Kier molecular flexibility index (Phi) is 2.46. The molecule has 5 N–H and O–H groups in total. The van der Waals surface area contributed by atoms with E-state index in [0.29, 0.717) is 12.1 Å². The molecule has 0 saturated carbocycles. The quantitative estimate of drug-likeness (QED) is 0.572. The zero-order chi connectivity index (χ0) is 8.27. The van der Waals surface area contributed by atoms with Gasteiger partial charge in [0.25, 0.3) is 0 Å². The van der Waals surface area contributed by atoms with Gasteiger partial charge in [0, 0.05) is 18.2 Å². The van der Waals surface area contributed by atoms with Crippen LogP contribution in [0.2, 0.25) is 0 Å². The van der Waals surface area contributed by atoms with Crippen molar-refractivity contribution in [2.75, 3.05) is 6.54 Å². The summed E-state index contributed by atoms with van der Waals surface area (Å²) < 4.78 is 0. The van der Waals surface area contributed by atoms with Crippen molar-refractivity contribution in [2.45, 2.75) is 6.04 Å². The Hall–Kier alpha value is -1.06. The summed E-state index contributed by atoms with van der Waals surface area (Å²) in [6.45, 7) is 0.345. The molecule has 1 rings (SSSR count). The van der Waals surface area contributed by atoms with Crippen molar-refractivity contribution in [2.24, 2.45) is 11.5 Å². The molecule has 0 aromatic heterocycles. The lowest BCUT2D eigenvalue weighted by molar-refractivity contribution is 0.462. The van der Waals surface area contributed by atoms with Crippen LogP contribution in [0.25, 0.3) is 0 Å². The van der Waals surface area contributed by atoms with E-state index in [2.05, 4.69) is 0 Å². The van der Waals surface area contributed by atoms with Gasteiger partial charge in [-0.25, -0.2) is 0 Å². The standard InChI is InChI=1S/C8H12N2O/c9-5-7(10)6-3-1-2-4-8(6)11/h1-4,7,11H,5,9-10H2. The Labute approximate surface area is 65.6 Å². The van der Waals surface area contributed by atoms with E-state index in [-0.39, 0.29) is 11.8 Å². The number of aromatic hydroxyl groups is 1. The van der Waals surface area contributed by atoms with Crippen molar-refractivity contribution in [3.8, 4) is 5.75 Å². The zero-order valence-electron chi connectivity index (χ0n) is 6.20. The molecule has 0 amide bonds. The molecule has 1 atom stereocenters. The number of hydrogen-bond donors (Lipinski definition) is 3. The number of nitrogens with two attached hydrogens (primary N) is 2. The third kappa shape index (κ3) is 1.69. The predicted molar refractivity (Wildman–Crippen MR) is 44.1 cm³/mol. The summed E-state index contributed by atoms with van der Waals surface area (Å²) in [5.41, 5.74) is 11.7. The normalized spacial score (nSPS) is 12.9. The molecule has 0 aliphatic carbocycles. The lowest BCUT2D eigenvalue weighted by Gasteiger charge is -2.09. The molecule has 0 fully saturated rings. The summed E-state index contributed by atoms with van der Waals surface area (Å²) in [6.07, 6.45) is 0. The molecule has 60 valence electrons. The smallest absolute Gasteiger partial charge is 0.120 e. The van der Waals surface area contributed by atoms with Gasteiger partial charge < -0.3 is 16.6 Å². The van der Waals surface area contributed by atoms with Gasteiger partial charge in [0.15, 0.2) is 0 Å². The molecule has 0 aliphatic heterocycles. The maximum atomic E-state index is 9.28. The number of phenols is 1. The van der Waals surface area contributed by atoms with E-state index in [9.17, 15) is 5.11 Å². The van der Waals surface area contributed by atoms with Crippen molar-refractivity contribution in [3.63, 3.8) is 0 Å². The number of benzene rings is 1. The molecular weight excluding hydrogens is 140 g/mol. The van der Waals surface area contributed by atoms with Gasteiger partial charge in [-0.2, -0.15) is 0 Å². The van der Waals surface area contributed by atoms with Crippen molar-refractivity contribution in [1.29, 1.82) is 0 Å². The number of hydrogen-bond acceptors (Lipinski definition) is 3. The number of rotatable bonds is 2. The summed E-state index contributed by atoms with van der Waals surface area (Å²) >= 11 is 0. The van der Waals surface area contributed by atoms with Crippen LogP contribution in [0.15, 0.2) is 24.3 Å². The van der Waals surface area contributed by atoms with Crippen LogP contribution >= 0.6 is 0 Å². The van der Waals surface area contributed by atoms with Gasteiger partial charge in [-0.05, 0) is 6.07 Å². The van der Waals surface area contributed by atoms with E-state index in [1.54, 1.807) is 18.2 Å². The minimum Gasteiger partial charge on any atom is -0.508 e. The minimum absolute atomic E-state index is 0.213. The van der Waals surface area contributed by atoms with Gasteiger partial charge in [0.2, 0.25) is 0 Å². The average molecular weight is 152 g/mol. The molecule has 0 saturated heterocycles. The summed E-state index contributed by atoms with van der Waals surface area (Å²) in [4.78, 5) is 0. The van der Waals surface area contributed by atoms with Gasteiger partial charge in [0.05, 0.1) is 0 Å².